The first-order valence-electron chi connectivity index (χ1n) is 8.05. The van der Waals surface area contributed by atoms with Gasteiger partial charge in [-0.2, -0.15) is 4.31 Å². The lowest BCUT2D eigenvalue weighted by Crippen LogP contribution is -2.30. The van der Waals surface area contributed by atoms with Crippen molar-refractivity contribution in [1.82, 2.24) is 4.31 Å². The molecular weight excluding hydrogens is 365 g/mol. The average molecular weight is 385 g/mol. The molecule has 1 aliphatic rings. The van der Waals surface area contributed by atoms with E-state index in [0.717, 1.165) is 12.8 Å². The van der Waals surface area contributed by atoms with Crippen LogP contribution in [0.4, 0.5) is 10.2 Å². The van der Waals surface area contributed by atoms with E-state index >= 15 is 0 Å². The van der Waals surface area contributed by atoms with Crippen molar-refractivity contribution in [1.29, 1.82) is 0 Å². The van der Waals surface area contributed by atoms with Crippen LogP contribution in [-0.2, 0) is 16.6 Å². The lowest BCUT2D eigenvalue weighted by atomic mass is 10.2. The van der Waals surface area contributed by atoms with Gasteiger partial charge in [-0.15, -0.1) is 0 Å². The van der Waals surface area contributed by atoms with Gasteiger partial charge in [-0.25, -0.2) is 17.8 Å². The van der Waals surface area contributed by atoms with Crippen molar-refractivity contribution in [2.45, 2.75) is 24.3 Å². The van der Waals surface area contributed by atoms with Crippen LogP contribution in [0.5, 0.6) is 0 Å². The number of hydrogen-bond acceptors (Lipinski definition) is 3. The number of pyridine rings is 1. The molecule has 8 heteroatoms. The van der Waals surface area contributed by atoms with Crippen LogP contribution in [0.15, 0.2) is 41.4 Å². The number of aromatic amines is 1. The smallest absolute Gasteiger partial charge is 0.260 e. The van der Waals surface area contributed by atoms with Gasteiger partial charge in [0.1, 0.15) is 23.5 Å². The maximum absolute atomic E-state index is 13.9. The standard InChI is InChI=1S/C17H19ClFN3O2S/c1-21(12-14-15(18)5-4-6-16(14)19)17-8-7-13(11-20-17)25(23,24)22-9-2-3-10-22/h4-8,11H,2-3,9-10,12H2,1H3/p+1. The molecule has 0 saturated carbocycles. The molecule has 134 valence electrons. The second-order valence-electron chi connectivity index (χ2n) is 6.08. The maximum atomic E-state index is 13.9. The molecule has 5 nitrogen and oxygen atoms in total. The number of H-pyrrole nitrogens is 1. The Balaban J connectivity index is 1.78. The minimum atomic E-state index is -3.45. The van der Waals surface area contributed by atoms with Crippen molar-refractivity contribution in [2.24, 2.45) is 0 Å². The van der Waals surface area contributed by atoms with Crippen LogP contribution >= 0.6 is 11.6 Å². The van der Waals surface area contributed by atoms with Gasteiger partial charge in [0, 0.05) is 24.7 Å². The second-order valence-corrected chi connectivity index (χ2v) is 8.42. The van der Waals surface area contributed by atoms with E-state index in [2.05, 4.69) is 4.98 Å². The summed E-state index contributed by atoms with van der Waals surface area (Å²) in [4.78, 5) is 4.99. The fourth-order valence-electron chi connectivity index (χ4n) is 2.88. The number of aromatic nitrogens is 1. The van der Waals surface area contributed by atoms with E-state index in [1.54, 1.807) is 36.2 Å². The van der Waals surface area contributed by atoms with Crippen LogP contribution in [0.25, 0.3) is 0 Å². The van der Waals surface area contributed by atoms with Crippen molar-refractivity contribution in [3.05, 3.63) is 52.9 Å². The Kier molecular flexibility index (Phi) is 5.27. The number of nitrogens with one attached hydrogen (secondary N) is 1. The Morgan fingerprint density at radius 3 is 2.56 bits per heavy atom. The van der Waals surface area contributed by atoms with E-state index in [1.807, 2.05) is 0 Å². The van der Waals surface area contributed by atoms with Gasteiger partial charge >= 0.3 is 0 Å². The summed E-state index contributed by atoms with van der Waals surface area (Å²) >= 11 is 6.06. The number of sulfonamides is 1. The Hall–Kier alpha value is -1.70. The molecule has 1 N–H and O–H groups in total. The van der Waals surface area contributed by atoms with E-state index < -0.39 is 10.0 Å². The largest absolute Gasteiger partial charge is 0.274 e. The summed E-state index contributed by atoms with van der Waals surface area (Å²) in [5, 5.41) is 0.361. The van der Waals surface area contributed by atoms with Crippen LogP contribution in [0, 0.1) is 5.82 Å². The first-order chi connectivity index (χ1) is 11.9. The summed E-state index contributed by atoms with van der Waals surface area (Å²) in [6.45, 7) is 1.39. The molecule has 0 atom stereocenters. The Labute approximate surface area is 152 Å². The van der Waals surface area contributed by atoms with Crippen LogP contribution in [-0.4, -0.2) is 32.9 Å². The minimum absolute atomic E-state index is 0.232. The molecule has 1 aliphatic heterocycles. The van der Waals surface area contributed by atoms with Gasteiger partial charge in [0.05, 0.1) is 12.1 Å². The molecule has 0 unspecified atom stereocenters. The number of nitrogens with zero attached hydrogens (tertiary/aromatic N) is 2. The summed E-state index contributed by atoms with van der Waals surface area (Å²) in [6.07, 6.45) is 3.27. The van der Waals surface area contributed by atoms with Gasteiger partial charge in [-0.05, 0) is 31.0 Å². The van der Waals surface area contributed by atoms with Gasteiger partial charge in [-0.3, -0.25) is 4.90 Å². The molecule has 1 aromatic heterocycles. The highest BCUT2D eigenvalue weighted by atomic mass is 35.5. The highest BCUT2D eigenvalue weighted by Crippen LogP contribution is 2.23. The van der Waals surface area contributed by atoms with Crippen molar-refractivity contribution in [2.75, 3.05) is 25.0 Å². The molecular formula is C17H20ClFN3O2S+. The van der Waals surface area contributed by atoms with E-state index in [9.17, 15) is 12.8 Å². The Morgan fingerprint density at radius 1 is 1.24 bits per heavy atom. The summed E-state index contributed by atoms with van der Waals surface area (Å²) < 4.78 is 40.5. The third kappa shape index (κ3) is 3.78. The van der Waals surface area contributed by atoms with Crippen molar-refractivity contribution in [3.63, 3.8) is 0 Å². The predicted molar refractivity (Wildman–Crippen MR) is 94.5 cm³/mol. The lowest BCUT2D eigenvalue weighted by Gasteiger charge is -2.16. The highest BCUT2D eigenvalue weighted by Gasteiger charge is 2.28. The number of hydrogen-bond donors (Lipinski definition) is 0. The quantitative estimate of drug-likeness (QED) is 0.796. The zero-order valence-corrected chi connectivity index (χ0v) is 15.4. The third-order valence-electron chi connectivity index (χ3n) is 4.34. The molecule has 0 radical (unpaired) electrons. The molecule has 2 heterocycles. The molecule has 1 saturated heterocycles. The predicted octanol–water partition coefficient (Wildman–Crippen LogP) is 2.71. The number of halogens is 2. The fourth-order valence-corrected chi connectivity index (χ4v) is 4.59. The number of anilines is 1. The maximum Gasteiger partial charge on any atom is 0.274 e. The SMILES string of the molecule is CN(Cc1c(F)cccc1Cl)c1ccc(S(=O)(=O)N2CCCC2)c[nH+]1. The zero-order chi connectivity index (χ0) is 18.0. The second kappa shape index (κ2) is 7.27. The molecule has 0 aliphatic carbocycles. The van der Waals surface area contributed by atoms with Gasteiger partial charge < -0.3 is 0 Å². The Bertz CT molecular complexity index is 832. The van der Waals surface area contributed by atoms with E-state index in [4.69, 9.17) is 11.6 Å². The van der Waals surface area contributed by atoms with Crippen molar-refractivity contribution >= 4 is 27.4 Å². The molecule has 0 bridgehead atoms. The molecule has 0 spiro atoms. The van der Waals surface area contributed by atoms with Gasteiger partial charge in [-0.1, -0.05) is 17.7 Å². The van der Waals surface area contributed by atoms with Gasteiger partial charge in [0.2, 0.25) is 10.0 Å². The van der Waals surface area contributed by atoms with Crippen molar-refractivity contribution in [3.8, 4) is 0 Å². The number of rotatable bonds is 5. The fraction of sp³-hybridized carbons (Fsp3) is 0.353. The monoisotopic (exact) mass is 384 g/mol. The minimum Gasteiger partial charge on any atom is -0.260 e. The van der Waals surface area contributed by atoms with Gasteiger partial charge in [0.15, 0.2) is 0 Å². The summed E-state index contributed by atoms with van der Waals surface area (Å²) in [7, 11) is -1.67. The van der Waals surface area contributed by atoms with Crippen LogP contribution in [0.2, 0.25) is 5.02 Å². The molecule has 1 fully saturated rings. The van der Waals surface area contributed by atoms with E-state index in [0.29, 0.717) is 29.5 Å². The van der Waals surface area contributed by atoms with Crippen LogP contribution in [0.1, 0.15) is 18.4 Å². The number of benzene rings is 1. The normalized spacial score (nSPS) is 15.5. The highest BCUT2D eigenvalue weighted by molar-refractivity contribution is 7.89. The van der Waals surface area contributed by atoms with Crippen molar-refractivity contribution < 1.29 is 17.8 Å². The topological polar surface area (TPSA) is 54.8 Å². The molecule has 0 amide bonds. The van der Waals surface area contributed by atoms with Crippen LogP contribution < -0.4 is 9.88 Å². The summed E-state index contributed by atoms with van der Waals surface area (Å²) in [5.74, 6) is 0.298. The summed E-state index contributed by atoms with van der Waals surface area (Å²) in [5.41, 5.74) is 0.397. The zero-order valence-electron chi connectivity index (χ0n) is 13.9. The van der Waals surface area contributed by atoms with E-state index in [-0.39, 0.29) is 17.3 Å². The molecule has 25 heavy (non-hydrogen) atoms. The molecule has 2 aromatic rings. The Morgan fingerprint density at radius 2 is 1.96 bits per heavy atom. The third-order valence-corrected chi connectivity index (χ3v) is 6.59. The van der Waals surface area contributed by atoms with Gasteiger partial charge in [0.25, 0.3) is 5.82 Å². The molecule has 3 rings (SSSR count). The van der Waals surface area contributed by atoms with E-state index in [1.165, 1.54) is 16.6 Å². The molecule has 1 aromatic carbocycles. The average Bonchev–Trinajstić information content (AvgIpc) is 3.14. The first kappa shape index (κ1) is 18.1. The summed E-state index contributed by atoms with van der Waals surface area (Å²) in [6, 6.07) is 7.82. The lowest BCUT2D eigenvalue weighted by molar-refractivity contribution is -0.367. The first-order valence-corrected chi connectivity index (χ1v) is 9.87. The van der Waals surface area contributed by atoms with Crippen LogP contribution in [0.3, 0.4) is 0 Å².